The monoisotopic (exact) mass is 580 g/mol. The van der Waals surface area contributed by atoms with Crippen LogP contribution < -0.4 is 0 Å². The zero-order valence-electron chi connectivity index (χ0n) is 25.3. The smallest absolute Gasteiger partial charge is 0.338 e. The molecule has 1 unspecified atom stereocenters. The molecule has 9 heteroatoms. The van der Waals surface area contributed by atoms with Crippen molar-refractivity contribution < 1.29 is 42.9 Å². The largest absolute Gasteiger partial charge is 0.461 e. The Morgan fingerprint density at radius 2 is 1.62 bits per heavy atom. The fourth-order valence-corrected chi connectivity index (χ4v) is 6.90. The van der Waals surface area contributed by atoms with Gasteiger partial charge in [-0.1, -0.05) is 51.1 Å². The molecule has 226 valence electrons. The molecular formula is C33H40O9. The minimum absolute atomic E-state index is 0.0318. The van der Waals surface area contributed by atoms with E-state index >= 15 is 0 Å². The predicted octanol–water partition coefficient (Wildman–Crippen LogP) is 4.78. The number of hydrogen-bond donors (Lipinski definition) is 0. The normalized spacial score (nSPS) is 34.1. The Hall–Kier alpha value is -3.75. The van der Waals surface area contributed by atoms with Crippen molar-refractivity contribution in [2.24, 2.45) is 29.1 Å². The fourth-order valence-electron chi connectivity index (χ4n) is 6.90. The molecule has 42 heavy (non-hydrogen) atoms. The van der Waals surface area contributed by atoms with Crippen LogP contribution in [-0.2, 0) is 38.1 Å². The second kappa shape index (κ2) is 11.9. The summed E-state index contributed by atoms with van der Waals surface area (Å²) in [7, 11) is 0. The first-order valence-corrected chi connectivity index (χ1v) is 14.4. The molecule has 3 aliphatic rings. The number of fused-ring (bicyclic) bond motifs is 2. The van der Waals surface area contributed by atoms with Gasteiger partial charge in [0.1, 0.15) is 18.8 Å². The number of ether oxygens (including phenoxy) is 4. The third kappa shape index (κ3) is 6.05. The number of ketones is 1. The van der Waals surface area contributed by atoms with Crippen molar-refractivity contribution in [3.05, 3.63) is 59.2 Å². The van der Waals surface area contributed by atoms with Crippen molar-refractivity contribution in [3.8, 4) is 0 Å². The molecule has 0 amide bonds. The summed E-state index contributed by atoms with van der Waals surface area (Å²) in [5, 5.41) is 0. The Morgan fingerprint density at radius 3 is 2.21 bits per heavy atom. The molecule has 9 nitrogen and oxygen atoms in total. The summed E-state index contributed by atoms with van der Waals surface area (Å²) in [6.45, 7) is 11.3. The van der Waals surface area contributed by atoms with Gasteiger partial charge in [0.15, 0.2) is 5.60 Å². The fraction of sp³-hybridized carbons (Fsp3) is 0.545. The van der Waals surface area contributed by atoms with Crippen LogP contribution in [0, 0.1) is 29.1 Å². The number of carbonyl (C=O) groups is 5. The zero-order valence-corrected chi connectivity index (χ0v) is 25.3. The number of benzene rings is 1. The lowest BCUT2D eigenvalue weighted by atomic mass is 9.76. The van der Waals surface area contributed by atoms with E-state index in [1.54, 1.807) is 44.2 Å². The summed E-state index contributed by atoms with van der Waals surface area (Å²) in [5.74, 6) is -4.28. The second-order valence-electron chi connectivity index (χ2n) is 12.4. The average Bonchev–Trinajstić information content (AvgIpc) is 3.30. The third-order valence-electron chi connectivity index (χ3n) is 9.03. The van der Waals surface area contributed by atoms with Gasteiger partial charge in [-0.25, -0.2) is 4.79 Å². The van der Waals surface area contributed by atoms with Crippen molar-refractivity contribution in [1.82, 2.24) is 0 Å². The highest BCUT2D eigenvalue weighted by Gasteiger charge is 2.65. The lowest BCUT2D eigenvalue weighted by molar-refractivity contribution is -0.179. The minimum atomic E-state index is -1.82. The molecule has 0 radical (unpaired) electrons. The SMILES string of the molecule is CC(=O)OC/C1=C/C[C@H]2[C@@H](/C=C(/C)C(=O)[C@@]3(OC(C)=O)C[C@H](C)[C@H](OC(=O)c4ccccc4)[C@@H]3C1OC(C)=O)C2(C)C. The summed E-state index contributed by atoms with van der Waals surface area (Å²) < 4.78 is 23.4. The predicted molar refractivity (Wildman–Crippen MR) is 152 cm³/mol. The summed E-state index contributed by atoms with van der Waals surface area (Å²) >= 11 is 0. The lowest BCUT2D eigenvalue weighted by Crippen LogP contribution is -2.55. The summed E-state index contributed by atoms with van der Waals surface area (Å²) in [4.78, 5) is 65.1. The molecule has 0 bridgehead atoms. The van der Waals surface area contributed by atoms with Gasteiger partial charge in [0, 0.05) is 32.8 Å². The highest BCUT2D eigenvalue weighted by Crippen LogP contribution is 2.62. The van der Waals surface area contributed by atoms with Crippen LogP contribution in [0.25, 0.3) is 0 Å². The van der Waals surface area contributed by atoms with Crippen molar-refractivity contribution in [2.45, 2.75) is 79.1 Å². The summed E-state index contributed by atoms with van der Waals surface area (Å²) in [6.07, 6.45) is 2.24. The number of esters is 4. The van der Waals surface area contributed by atoms with Gasteiger partial charge in [-0.05, 0) is 54.2 Å². The zero-order chi connectivity index (χ0) is 31.0. The van der Waals surface area contributed by atoms with E-state index < -0.39 is 59.3 Å². The first-order chi connectivity index (χ1) is 19.7. The molecule has 3 aliphatic carbocycles. The van der Waals surface area contributed by atoms with E-state index in [4.69, 9.17) is 18.9 Å². The van der Waals surface area contributed by atoms with Gasteiger partial charge in [0.25, 0.3) is 0 Å². The number of hydrogen-bond acceptors (Lipinski definition) is 9. The van der Waals surface area contributed by atoms with Crippen molar-refractivity contribution in [1.29, 1.82) is 0 Å². The molecule has 0 N–H and O–H groups in total. The van der Waals surface area contributed by atoms with Crippen LogP contribution in [0.1, 0.15) is 71.7 Å². The lowest BCUT2D eigenvalue weighted by Gasteiger charge is -2.40. The number of Topliss-reactive ketones (excluding diaryl/α,β-unsaturated/α-hetero) is 1. The molecule has 0 aromatic heterocycles. The van der Waals surface area contributed by atoms with Gasteiger partial charge < -0.3 is 18.9 Å². The van der Waals surface area contributed by atoms with Crippen LogP contribution in [0.4, 0.5) is 0 Å². The van der Waals surface area contributed by atoms with Crippen LogP contribution in [-0.4, -0.2) is 54.1 Å². The van der Waals surface area contributed by atoms with Gasteiger partial charge in [-0.3, -0.25) is 19.2 Å². The minimum Gasteiger partial charge on any atom is -0.461 e. The molecule has 7 atom stereocenters. The second-order valence-corrected chi connectivity index (χ2v) is 12.4. The number of allylic oxidation sites excluding steroid dienone is 2. The van der Waals surface area contributed by atoms with Gasteiger partial charge >= 0.3 is 23.9 Å². The van der Waals surface area contributed by atoms with E-state index in [2.05, 4.69) is 13.8 Å². The molecule has 0 saturated heterocycles. The Morgan fingerprint density at radius 1 is 0.952 bits per heavy atom. The van der Waals surface area contributed by atoms with Gasteiger partial charge in [-0.15, -0.1) is 0 Å². The van der Waals surface area contributed by atoms with E-state index in [9.17, 15) is 24.0 Å². The molecular weight excluding hydrogens is 540 g/mol. The van der Waals surface area contributed by atoms with Gasteiger partial charge in [0.05, 0.1) is 11.5 Å². The van der Waals surface area contributed by atoms with E-state index in [1.165, 1.54) is 20.8 Å². The molecule has 2 saturated carbocycles. The van der Waals surface area contributed by atoms with Crippen LogP contribution in [0.5, 0.6) is 0 Å². The summed E-state index contributed by atoms with van der Waals surface area (Å²) in [6, 6.07) is 8.40. The first kappa shape index (κ1) is 31.2. The highest BCUT2D eigenvalue weighted by molar-refractivity contribution is 6.03. The van der Waals surface area contributed by atoms with Crippen molar-refractivity contribution in [3.63, 3.8) is 0 Å². The van der Waals surface area contributed by atoms with E-state index in [0.29, 0.717) is 23.1 Å². The quantitative estimate of drug-likeness (QED) is 0.266. The highest BCUT2D eigenvalue weighted by atomic mass is 16.6. The maximum absolute atomic E-state index is 14.5. The van der Waals surface area contributed by atoms with E-state index in [0.717, 1.165) is 0 Å². The molecule has 0 spiro atoms. The molecule has 1 aromatic rings. The Bertz CT molecular complexity index is 1320. The molecule has 0 heterocycles. The Labute approximate surface area is 246 Å². The Kier molecular flexibility index (Phi) is 8.81. The number of rotatable bonds is 6. The Balaban J connectivity index is 1.94. The standard InChI is InChI=1S/C33H40O9/c1-18-15-26-25(32(26,6)7)14-13-24(17-39-20(3)34)29(40-21(4)35)27-28(41-31(38)23-11-9-8-10-12-23)19(2)16-33(27,30(18)37)42-22(5)36/h8-13,15,19,25-29H,14,16-17H2,1-7H3/b18-15-,24-13-/t19-,25-,26+,27+,28-,29?,33+/m0/s1. The number of carbonyl (C=O) groups excluding carboxylic acids is 5. The van der Waals surface area contributed by atoms with Gasteiger partial charge in [0.2, 0.25) is 5.78 Å². The average molecular weight is 581 g/mol. The van der Waals surface area contributed by atoms with Crippen molar-refractivity contribution in [2.75, 3.05) is 6.61 Å². The van der Waals surface area contributed by atoms with Crippen LogP contribution in [0.3, 0.4) is 0 Å². The van der Waals surface area contributed by atoms with Gasteiger partial charge in [-0.2, -0.15) is 0 Å². The summed E-state index contributed by atoms with van der Waals surface area (Å²) in [5.41, 5.74) is -0.761. The third-order valence-corrected chi connectivity index (χ3v) is 9.03. The van der Waals surface area contributed by atoms with E-state index in [-0.39, 0.29) is 30.3 Å². The maximum Gasteiger partial charge on any atom is 0.338 e. The molecule has 1 aromatic carbocycles. The first-order valence-electron chi connectivity index (χ1n) is 14.4. The van der Waals surface area contributed by atoms with Crippen LogP contribution in [0.2, 0.25) is 0 Å². The molecule has 2 fully saturated rings. The molecule has 0 aliphatic heterocycles. The van der Waals surface area contributed by atoms with E-state index in [1.807, 2.05) is 12.2 Å². The van der Waals surface area contributed by atoms with Crippen molar-refractivity contribution >= 4 is 29.7 Å². The topological polar surface area (TPSA) is 122 Å². The molecule has 4 rings (SSSR count). The van der Waals surface area contributed by atoms with Crippen LogP contribution >= 0.6 is 0 Å². The maximum atomic E-state index is 14.5. The van der Waals surface area contributed by atoms with Crippen LogP contribution in [0.15, 0.2) is 53.6 Å².